The van der Waals surface area contributed by atoms with E-state index >= 15 is 0 Å². The van der Waals surface area contributed by atoms with E-state index in [1.807, 2.05) is 0 Å². The lowest BCUT2D eigenvalue weighted by atomic mass is 10.1. The van der Waals surface area contributed by atoms with Gasteiger partial charge in [-0.25, -0.2) is 13.5 Å². The molecule has 10 heteroatoms. The van der Waals surface area contributed by atoms with Crippen LogP contribution in [0.4, 0.5) is 20.2 Å². The van der Waals surface area contributed by atoms with Crippen molar-refractivity contribution in [3.63, 3.8) is 0 Å². The molecular formula is C20H15ClF2N4O3. The van der Waals surface area contributed by atoms with Crippen LogP contribution in [0.15, 0.2) is 53.3 Å². The van der Waals surface area contributed by atoms with E-state index in [1.165, 1.54) is 13.0 Å². The average molecular weight is 433 g/mol. The lowest BCUT2D eigenvalue weighted by molar-refractivity contribution is -0.117. The molecule has 0 aliphatic carbocycles. The first-order chi connectivity index (χ1) is 14.2. The molecule has 0 bridgehead atoms. The average Bonchev–Trinajstić information content (AvgIpc) is 2.64. The minimum atomic E-state index is -0.863. The predicted molar refractivity (Wildman–Crippen MR) is 108 cm³/mol. The van der Waals surface area contributed by atoms with E-state index in [-0.39, 0.29) is 11.4 Å². The normalized spacial score (nSPS) is 10.5. The molecule has 1 heterocycles. The fourth-order valence-corrected chi connectivity index (χ4v) is 2.78. The molecule has 2 amide bonds. The summed E-state index contributed by atoms with van der Waals surface area (Å²) < 4.78 is 27.5. The first-order valence-electron chi connectivity index (χ1n) is 8.63. The molecule has 3 rings (SSSR count). The van der Waals surface area contributed by atoms with Crippen LogP contribution < -0.4 is 16.2 Å². The van der Waals surface area contributed by atoms with Crippen molar-refractivity contribution in [3.8, 4) is 11.3 Å². The molecule has 0 fully saturated rings. The zero-order valence-electron chi connectivity index (χ0n) is 15.6. The van der Waals surface area contributed by atoms with Gasteiger partial charge in [0.25, 0.3) is 5.56 Å². The van der Waals surface area contributed by atoms with Crippen LogP contribution in [0.1, 0.15) is 6.92 Å². The Labute approximate surface area is 174 Å². The number of hydrogen-bond acceptors (Lipinski definition) is 4. The van der Waals surface area contributed by atoms with E-state index in [2.05, 4.69) is 15.7 Å². The highest BCUT2D eigenvalue weighted by Gasteiger charge is 2.14. The molecule has 3 aromatic rings. The third-order valence-corrected chi connectivity index (χ3v) is 4.12. The maximum atomic E-state index is 13.3. The molecule has 7 nitrogen and oxygen atoms in total. The van der Waals surface area contributed by atoms with Gasteiger partial charge in [-0.15, -0.1) is 0 Å². The van der Waals surface area contributed by atoms with Gasteiger partial charge in [-0.05, 0) is 30.3 Å². The van der Waals surface area contributed by atoms with Crippen LogP contribution in [-0.2, 0) is 16.1 Å². The number of amides is 2. The summed E-state index contributed by atoms with van der Waals surface area (Å²) in [7, 11) is 0. The number of hydrogen-bond donors (Lipinski definition) is 2. The maximum absolute atomic E-state index is 13.3. The first kappa shape index (κ1) is 21.1. The molecule has 30 heavy (non-hydrogen) atoms. The van der Waals surface area contributed by atoms with Gasteiger partial charge in [0, 0.05) is 29.3 Å². The van der Waals surface area contributed by atoms with Gasteiger partial charge in [0.05, 0.1) is 5.69 Å². The number of halogens is 3. The minimum absolute atomic E-state index is 0.0768. The summed E-state index contributed by atoms with van der Waals surface area (Å²) >= 11 is 5.88. The number of anilines is 2. The van der Waals surface area contributed by atoms with Crippen LogP contribution in [0.2, 0.25) is 5.02 Å². The molecular weight excluding hydrogens is 418 g/mol. The Kier molecular flexibility index (Phi) is 6.22. The van der Waals surface area contributed by atoms with Gasteiger partial charge in [-0.2, -0.15) is 5.10 Å². The van der Waals surface area contributed by atoms with Gasteiger partial charge in [-0.3, -0.25) is 14.4 Å². The standard InChI is InChI=1S/C20H15ClF2N4O3/c1-11(28)24-18-9-17(12-2-4-13(21)5-3-12)26-27(20(18)30)10-19(29)25-16-7-14(22)6-15(23)8-16/h2-9H,10H2,1H3,(H,24,28)(H,25,29). The molecule has 0 spiro atoms. The topological polar surface area (TPSA) is 93.1 Å². The van der Waals surface area contributed by atoms with Crippen molar-refractivity contribution in [1.82, 2.24) is 9.78 Å². The lowest BCUT2D eigenvalue weighted by Gasteiger charge is -2.12. The SMILES string of the molecule is CC(=O)Nc1cc(-c2ccc(Cl)cc2)nn(CC(=O)Nc2cc(F)cc(F)c2)c1=O. The van der Waals surface area contributed by atoms with E-state index < -0.39 is 35.6 Å². The highest BCUT2D eigenvalue weighted by molar-refractivity contribution is 6.30. The summed E-state index contributed by atoms with van der Waals surface area (Å²) in [6.45, 7) is 0.683. The van der Waals surface area contributed by atoms with Gasteiger partial charge in [0.2, 0.25) is 11.8 Å². The molecule has 2 N–H and O–H groups in total. The van der Waals surface area contributed by atoms with Crippen molar-refractivity contribution in [2.75, 3.05) is 10.6 Å². The Hall–Kier alpha value is -3.59. The Bertz CT molecular complexity index is 1160. The van der Waals surface area contributed by atoms with Gasteiger partial charge >= 0.3 is 0 Å². The Morgan fingerprint density at radius 3 is 2.27 bits per heavy atom. The highest BCUT2D eigenvalue weighted by Crippen LogP contribution is 2.21. The predicted octanol–water partition coefficient (Wildman–Crippen LogP) is 3.44. The van der Waals surface area contributed by atoms with Crippen molar-refractivity contribution >= 4 is 34.8 Å². The molecule has 0 aliphatic heterocycles. The molecule has 0 aliphatic rings. The van der Waals surface area contributed by atoms with Gasteiger partial charge < -0.3 is 10.6 Å². The van der Waals surface area contributed by atoms with Gasteiger partial charge in [0.1, 0.15) is 23.9 Å². The molecule has 0 radical (unpaired) electrons. The second-order valence-corrected chi connectivity index (χ2v) is 6.74. The van der Waals surface area contributed by atoms with Crippen LogP contribution in [0.3, 0.4) is 0 Å². The third kappa shape index (κ3) is 5.26. The van der Waals surface area contributed by atoms with Crippen LogP contribution in [-0.4, -0.2) is 21.6 Å². The first-order valence-corrected chi connectivity index (χ1v) is 9.01. The van der Waals surface area contributed by atoms with E-state index in [0.29, 0.717) is 22.3 Å². The van der Waals surface area contributed by atoms with E-state index in [0.717, 1.165) is 16.8 Å². The maximum Gasteiger partial charge on any atom is 0.291 e. The lowest BCUT2D eigenvalue weighted by Crippen LogP contribution is -2.32. The van der Waals surface area contributed by atoms with Crippen LogP contribution in [0.25, 0.3) is 11.3 Å². The zero-order valence-corrected chi connectivity index (χ0v) is 16.3. The van der Waals surface area contributed by atoms with Crippen LogP contribution in [0.5, 0.6) is 0 Å². The van der Waals surface area contributed by atoms with Gasteiger partial charge in [-0.1, -0.05) is 23.7 Å². The number of carbonyl (C=O) groups excluding carboxylic acids is 2. The quantitative estimate of drug-likeness (QED) is 0.646. The smallest absolute Gasteiger partial charge is 0.291 e. The molecule has 0 saturated heterocycles. The molecule has 0 saturated carbocycles. The van der Waals surface area contributed by atoms with Crippen molar-refractivity contribution in [2.24, 2.45) is 0 Å². The summed E-state index contributed by atoms with van der Waals surface area (Å²) in [6, 6.07) is 10.5. The minimum Gasteiger partial charge on any atom is -0.324 e. The van der Waals surface area contributed by atoms with Crippen LogP contribution in [0, 0.1) is 11.6 Å². The number of benzene rings is 2. The second-order valence-electron chi connectivity index (χ2n) is 6.30. The largest absolute Gasteiger partial charge is 0.324 e. The molecule has 1 aromatic heterocycles. The molecule has 0 unspecified atom stereocenters. The summed E-state index contributed by atoms with van der Waals surface area (Å²) in [6.07, 6.45) is 0. The summed E-state index contributed by atoms with van der Waals surface area (Å²) in [4.78, 5) is 36.4. The molecule has 0 atom stereocenters. The number of nitrogens with one attached hydrogen (secondary N) is 2. The number of aromatic nitrogens is 2. The van der Waals surface area contributed by atoms with Crippen molar-refractivity contribution < 1.29 is 18.4 Å². The molecule has 154 valence electrons. The summed E-state index contributed by atoms with van der Waals surface area (Å²) in [5.74, 6) is -2.94. The monoisotopic (exact) mass is 432 g/mol. The van der Waals surface area contributed by atoms with E-state index in [9.17, 15) is 23.2 Å². The van der Waals surface area contributed by atoms with Crippen LogP contribution >= 0.6 is 11.6 Å². The summed E-state index contributed by atoms with van der Waals surface area (Å²) in [5.41, 5.74) is -0.0102. The molecule has 2 aromatic carbocycles. The fourth-order valence-electron chi connectivity index (χ4n) is 2.65. The Morgan fingerprint density at radius 1 is 1.03 bits per heavy atom. The Morgan fingerprint density at radius 2 is 1.67 bits per heavy atom. The number of carbonyl (C=O) groups is 2. The number of rotatable bonds is 5. The van der Waals surface area contributed by atoms with Crippen molar-refractivity contribution in [2.45, 2.75) is 13.5 Å². The third-order valence-electron chi connectivity index (χ3n) is 3.86. The second kappa shape index (κ2) is 8.83. The van der Waals surface area contributed by atoms with Crippen molar-refractivity contribution in [1.29, 1.82) is 0 Å². The highest BCUT2D eigenvalue weighted by atomic mass is 35.5. The van der Waals surface area contributed by atoms with Gasteiger partial charge in [0.15, 0.2) is 0 Å². The van der Waals surface area contributed by atoms with E-state index in [1.54, 1.807) is 24.3 Å². The van der Waals surface area contributed by atoms with Crippen molar-refractivity contribution in [3.05, 3.63) is 75.5 Å². The van der Waals surface area contributed by atoms with E-state index in [4.69, 9.17) is 11.6 Å². The number of nitrogens with zero attached hydrogens (tertiary/aromatic N) is 2. The summed E-state index contributed by atoms with van der Waals surface area (Å²) in [5, 5.41) is 9.36. The fraction of sp³-hybridized carbons (Fsp3) is 0.100. The zero-order chi connectivity index (χ0) is 21.8. The Balaban J connectivity index is 1.94.